The Bertz CT molecular complexity index is 492. The van der Waals surface area contributed by atoms with Crippen molar-refractivity contribution in [1.29, 1.82) is 0 Å². The van der Waals surface area contributed by atoms with Gasteiger partial charge in [0.15, 0.2) is 0 Å². The van der Waals surface area contributed by atoms with Crippen molar-refractivity contribution in [2.45, 2.75) is 18.9 Å². The van der Waals surface area contributed by atoms with E-state index >= 15 is 0 Å². The Morgan fingerprint density at radius 3 is 2.83 bits per heavy atom. The zero-order valence-corrected chi connectivity index (χ0v) is 10.1. The molecule has 3 rings (SSSR count). The first-order valence-corrected chi connectivity index (χ1v) is 6.27. The third kappa shape index (κ3) is 2.43. The van der Waals surface area contributed by atoms with E-state index < -0.39 is 0 Å². The molecule has 0 saturated carbocycles. The van der Waals surface area contributed by atoms with E-state index in [-0.39, 0.29) is 5.82 Å². The lowest BCUT2D eigenvalue weighted by Gasteiger charge is -2.15. The lowest BCUT2D eigenvalue weighted by atomic mass is 10.1. The van der Waals surface area contributed by atoms with E-state index in [1.807, 2.05) is 18.2 Å². The lowest BCUT2D eigenvalue weighted by molar-refractivity contribution is 0.326. The van der Waals surface area contributed by atoms with Gasteiger partial charge in [-0.05, 0) is 36.7 Å². The molecule has 94 valence electrons. The smallest absolute Gasteiger partial charge is 0.123 e. The van der Waals surface area contributed by atoms with Crippen LogP contribution in [0, 0.1) is 5.82 Å². The van der Waals surface area contributed by atoms with Crippen LogP contribution in [0.25, 0.3) is 0 Å². The number of likely N-dealkylation sites (tertiary alicyclic amines) is 1. The maximum absolute atomic E-state index is 12.8. The van der Waals surface area contributed by atoms with Crippen LogP contribution in [-0.2, 0) is 6.54 Å². The van der Waals surface area contributed by atoms with E-state index in [1.165, 1.54) is 23.4 Å². The first kappa shape index (κ1) is 11.4. The standard InChI is InChI=1S/C14H16FN3/c15-13-3-1-11(2-4-13)9-18-8-6-12(10-18)14-5-7-16-17-14/h1-5,7,12H,6,8-10H2,(H,16,17). The molecule has 0 radical (unpaired) electrons. The molecular formula is C14H16FN3. The van der Waals surface area contributed by atoms with Crippen LogP contribution in [-0.4, -0.2) is 28.2 Å². The normalized spacial score (nSPS) is 20.4. The first-order valence-electron chi connectivity index (χ1n) is 6.27. The van der Waals surface area contributed by atoms with E-state index in [0.717, 1.165) is 26.1 Å². The molecular weight excluding hydrogens is 229 g/mol. The molecule has 1 N–H and O–H groups in total. The second-order valence-electron chi connectivity index (χ2n) is 4.86. The average Bonchev–Trinajstić information content (AvgIpc) is 3.02. The number of rotatable bonds is 3. The van der Waals surface area contributed by atoms with Gasteiger partial charge in [-0.1, -0.05) is 12.1 Å². The summed E-state index contributed by atoms with van der Waals surface area (Å²) in [5.74, 6) is 0.378. The monoisotopic (exact) mass is 245 g/mol. The molecule has 1 aromatic heterocycles. The third-order valence-corrected chi connectivity index (χ3v) is 3.55. The Balaban J connectivity index is 1.61. The lowest BCUT2D eigenvalue weighted by Crippen LogP contribution is -2.19. The molecule has 1 aliphatic rings. The highest BCUT2D eigenvalue weighted by atomic mass is 19.1. The summed E-state index contributed by atoms with van der Waals surface area (Å²) in [6, 6.07) is 8.82. The number of halogens is 1. The first-order chi connectivity index (χ1) is 8.81. The fraction of sp³-hybridized carbons (Fsp3) is 0.357. The van der Waals surface area contributed by atoms with E-state index in [9.17, 15) is 4.39 Å². The van der Waals surface area contributed by atoms with Crippen LogP contribution in [0.3, 0.4) is 0 Å². The van der Waals surface area contributed by atoms with E-state index in [1.54, 1.807) is 6.20 Å². The van der Waals surface area contributed by atoms with Crippen molar-refractivity contribution in [3.63, 3.8) is 0 Å². The molecule has 1 saturated heterocycles. The molecule has 4 heteroatoms. The summed E-state index contributed by atoms with van der Waals surface area (Å²) in [6.45, 7) is 3.02. The molecule has 0 spiro atoms. The summed E-state index contributed by atoms with van der Waals surface area (Å²) in [4.78, 5) is 2.40. The fourth-order valence-electron chi connectivity index (χ4n) is 2.57. The number of benzene rings is 1. The Hall–Kier alpha value is -1.68. The second-order valence-corrected chi connectivity index (χ2v) is 4.86. The van der Waals surface area contributed by atoms with E-state index in [2.05, 4.69) is 15.1 Å². The molecule has 1 aromatic carbocycles. The highest BCUT2D eigenvalue weighted by Crippen LogP contribution is 2.26. The summed E-state index contributed by atoms with van der Waals surface area (Å²) in [7, 11) is 0. The van der Waals surface area contributed by atoms with Crippen LogP contribution in [0.4, 0.5) is 4.39 Å². The number of nitrogens with zero attached hydrogens (tertiary/aromatic N) is 2. The van der Waals surface area contributed by atoms with Crippen molar-refractivity contribution in [2.75, 3.05) is 13.1 Å². The van der Waals surface area contributed by atoms with Gasteiger partial charge in [-0.15, -0.1) is 0 Å². The largest absolute Gasteiger partial charge is 0.298 e. The Labute approximate surface area is 106 Å². The van der Waals surface area contributed by atoms with Crippen molar-refractivity contribution in [3.05, 3.63) is 53.6 Å². The van der Waals surface area contributed by atoms with Gasteiger partial charge in [-0.25, -0.2) is 4.39 Å². The molecule has 18 heavy (non-hydrogen) atoms. The highest BCUT2D eigenvalue weighted by molar-refractivity contribution is 5.17. The Morgan fingerprint density at radius 1 is 1.28 bits per heavy atom. The van der Waals surface area contributed by atoms with Gasteiger partial charge in [0.25, 0.3) is 0 Å². The van der Waals surface area contributed by atoms with Crippen LogP contribution >= 0.6 is 0 Å². The quantitative estimate of drug-likeness (QED) is 0.901. The molecule has 1 fully saturated rings. The van der Waals surface area contributed by atoms with Gasteiger partial charge >= 0.3 is 0 Å². The summed E-state index contributed by atoms with van der Waals surface area (Å²) in [6.07, 6.45) is 2.96. The number of aromatic amines is 1. The predicted molar refractivity (Wildman–Crippen MR) is 67.6 cm³/mol. The molecule has 1 atom stereocenters. The minimum atomic E-state index is -0.171. The SMILES string of the molecule is Fc1ccc(CN2CCC(c3ccn[nH]3)C2)cc1. The van der Waals surface area contributed by atoms with E-state index in [0.29, 0.717) is 5.92 Å². The number of aromatic nitrogens is 2. The number of hydrogen-bond acceptors (Lipinski definition) is 2. The number of H-pyrrole nitrogens is 1. The summed E-state index contributed by atoms with van der Waals surface area (Å²) in [5, 5.41) is 7.05. The van der Waals surface area contributed by atoms with Gasteiger partial charge in [0.1, 0.15) is 5.82 Å². The van der Waals surface area contributed by atoms with Gasteiger partial charge in [-0.3, -0.25) is 10.00 Å². The number of nitrogens with one attached hydrogen (secondary N) is 1. The van der Waals surface area contributed by atoms with Crippen LogP contribution in [0.15, 0.2) is 36.5 Å². The Morgan fingerprint density at radius 2 is 2.11 bits per heavy atom. The van der Waals surface area contributed by atoms with Crippen molar-refractivity contribution in [1.82, 2.24) is 15.1 Å². The molecule has 2 heterocycles. The molecule has 1 unspecified atom stereocenters. The van der Waals surface area contributed by atoms with Gasteiger partial charge in [0, 0.05) is 30.9 Å². The van der Waals surface area contributed by atoms with Gasteiger partial charge in [0.2, 0.25) is 0 Å². The summed E-state index contributed by atoms with van der Waals surface area (Å²) >= 11 is 0. The molecule has 3 nitrogen and oxygen atoms in total. The number of hydrogen-bond donors (Lipinski definition) is 1. The van der Waals surface area contributed by atoms with Crippen LogP contribution in [0.5, 0.6) is 0 Å². The summed E-state index contributed by atoms with van der Waals surface area (Å²) < 4.78 is 12.8. The van der Waals surface area contributed by atoms with Crippen molar-refractivity contribution < 1.29 is 4.39 Å². The molecule has 0 aliphatic carbocycles. The summed E-state index contributed by atoms with van der Waals surface area (Å²) in [5.41, 5.74) is 2.39. The predicted octanol–water partition coefficient (Wildman–Crippen LogP) is 2.54. The Kier molecular flexibility index (Phi) is 3.11. The van der Waals surface area contributed by atoms with Crippen LogP contribution in [0.1, 0.15) is 23.6 Å². The second kappa shape index (κ2) is 4.90. The van der Waals surface area contributed by atoms with Gasteiger partial charge in [0.05, 0.1) is 0 Å². The highest BCUT2D eigenvalue weighted by Gasteiger charge is 2.24. The van der Waals surface area contributed by atoms with Gasteiger partial charge in [-0.2, -0.15) is 5.10 Å². The molecule has 1 aliphatic heterocycles. The maximum Gasteiger partial charge on any atom is 0.123 e. The average molecular weight is 245 g/mol. The van der Waals surface area contributed by atoms with Crippen molar-refractivity contribution >= 4 is 0 Å². The van der Waals surface area contributed by atoms with Crippen LogP contribution < -0.4 is 0 Å². The third-order valence-electron chi connectivity index (χ3n) is 3.55. The topological polar surface area (TPSA) is 31.9 Å². The molecule has 2 aromatic rings. The van der Waals surface area contributed by atoms with Crippen molar-refractivity contribution in [2.24, 2.45) is 0 Å². The zero-order valence-electron chi connectivity index (χ0n) is 10.1. The fourth-order valence-corrected chi connectivity index (χ4v) is 2.57. The molecule has 0 amide bonds. The van der Waals surface area contributed by atoms with E-state index in [4.69, 9.17) is 0 Å². The minimum absolute atomic E-state index is 0.171. The maximum atomic E-state index is 12.8. The van der Waals surface area contributed by atoms with Crippen molar-refractivity contribution in [3.8, 4) is 0 Å². The zero-order chi connectivity index (χ0) is 12.4. The molecule has 0 bridgehead atoms. The van der Waals surface area contributed by atoms with Gasteiger partial charge < -0.3 is 0 Å². The minimum Gasteiger partial charge on any atom is -0.298 e. The van der Waals surface area contributed by atoms with Crippen LogP contribution in [0.2, 0.25) is 0 Å².